The number of carboxylic acids is 1. The molecule has 0 aliphatic carbocycles. The highest BCUT2D eigenvalue weighted by Crippen LogP contribution is 2.04. The Hall–Kier alpha value is -2.13. The average molecular weight is 302 g/mol. The molecule has 1 atom stereocenters. The van der Waals surface area contributed by atoms with Crippen LogP contribution in [-0.4, -0.2) is 38.7 Å². The quantitative estimate of drug-likeness (QED) is 0.673. The standard InChI is InChI=1S/C11H14N2O6S/c1-19-11(16)13-20(17,18)12-9(10(14)15)7-8-5-3-2-4-6-8/h2-6,9,12H,7H2,1H3,(H,13,16)(H,14,15)/t9-/m1/s1. The molecule has 3 N–H and O–H groups in total. The van der Waals surface area contributed by atoms with Gasteiger partial charge in [-0.1, -0.05) is 30.3 Å². The highest BCUT2D eigenvalue weighted by atomic mass is 32.2. The lowest BCUT2D eigenvalue weighted by Gasteiger charge is -2.14. The summed E-state index contributed by atoms with van der Waals surface area (Å²) in [5.74, 6) is -1.36. The molecule has 9 heteroatoms. The molecule has 0 saturated heterocycles. The fourth-order valence-corrected chi connectivity index (χ4v) is 2.32. The van der Waals surface area contributed by atoms with Gasteiger partial charge < -0.3 is 9.84 Å². The van der Waals surface area contributed by atoms with Gasteiger partial charge in [0.2, 0.25) is 0 Å². The Morgan fingerprint density at radius 2 is 1.90 bits per heavy atom. The Morgan fingerprint density at radius 1 is 1.30 bits per heavy atom. The first kappa shape index (κ1) is 15.9. The predicted molar refractivity (Wildman–Crippen MR) is 69.2 cm³/mol. The third-order valence-corrected chi connectivity index (χ3v) is 3.31. The molecule has 0 radical (unpaired) electrons. The van der Waals surface area contributed by atoms with E-state index in [2.05, 4.69) is 4.74 Å². The number of hydrogen-bond donors (Lipinski definition) is 3. The van der Waals surface area contributed by atoms with Crippen LogP contribution in [0.15, 0.2) is 30.3 Å². The maximum Gasteiger partial charge on any atom is 0.421 e. The van der Waals surface area contributed by atoms with E-state index in [1.807, 2.05) is 4.72 Å². The largest absolute Gasteiger partial charge is 0.480 e. The van der Waals surface area contributed by atoms with E-state index in [1.54, 1.807) is 30.3 Å². The average Bonchev–Trinajstić information content (AvgIpc) is 2.38. The molecule has 0 unspecified atom stereocenters. The summed E-state index contributed by atoms with van der Waals surface area (Å²) < 4.78 is 30.5. The van der Waals surface area contributed by atoms with Gasteiger partial charge in [0.15, 0.2) is 0 Å². The molecular weight excluding hydrogens is 288 g/mol. The van der Waals surface area contributed by atoms with Crippen molar-refractivity contribution < 1.29 is 27.9 Å². The molecule has 8 nitrogen and oxygen atoms in total. The van der Waals surface area contributed by atoms with Crippen LogP contribution in [-0.2, 0) is 26.2 Å². The van der Waals surface area contributed by atoms with Gasteiger partial charge in [0.25, 0.3) is 0 Å². The van der Waals surface area contributed by atoms with Crippen molar-refractivity contribution in [1.82, 2.24) is 9.44 Å². The van der Waals surface area contributed by atoms with Crippen LogP contribution in [0.25, 0.3) is 0 Å². The number of aliphatic carboxylic acids is 1. The van der Waals surface area contributed by atoms with Gasteiger partial charge in [-0.25, -0.2) is 9.52 Å². The van der Waals surface area contributed by atoms with E-state index < -0.39 is 28.3 Å². The fraction of sp³-hybridized carbons (Fsp3) is 0.273. The van der Waals surface area contributed by atoms with Crippen molar-refractivity contribution in [2.45, 2.75) is 12.5 Å². The lowest BCUT2D eigenvalue weighted by molar-refractivity contribution is -0.138. The molecule has 110 valence electrons. The monoisotopic (exact) mass is 302 g/mol. The minimum atomic E-state index is -4.31. The van der Waals surface area contributed by atoms with E-state index in [4.69, 9.17) is 5.11 Å². The second kappa shape index (κ2) is 6.87. The summed E-state index contributed by atoms with van der Waals surface area (Å²) in [4.78, 5) is 21.9. The van der Waals surface area contributed by atoms with E-state index >= 15 is 0 Å². The van der Waals surface area contributed by atoms with E-state index in [-0.39, 0.29) is 6.42 Å². The van der Waals surface area contributed by atoms with Crippen LogP contribution in [0, 0.1) is 0 Å². The molecule has 1 aromatic carbocycles. The topological polar surface area (TPSA) is 122 Å². The first-order chi connectivity index (χ1) is 9.34. The number of hydrogen-bond acceptors (Lipinski definition) is 5. The predicted octanol–water partition coefficient (Wildman–Crippen LogP) is -0.127. The maximum absolute atomic E-state index is 11.5. The SMILES string of the molecule is COC(=O)NS(=O)(=O)N[C@H](Cc1ccccc1)C(=O)O. The van der Waals surface area contributed by atoms with Crippen LogP contribution in [0.5, 0.6) is 0 Å². The van der Waals surface area contributed by atoms with Crippen LogP contribution in [0.3, 0.4) is 0 Å². The van der Waals surface area contributed by atoms with Gasteiger partial charge in [-0.15, -0.1) is 0 Å². The Bertz CT molecular complexity index is 572. The van der Waals surface area contributed by atoms with E-state index in [9.17, 15) is 18.0 Å². The number of ether oxygens (including phenoxy) is 1. The summed E-state index contributed by atoms with van der Waals surface area (Å²) in [5, 5.41) is 9.02. The fourth-order valence-electron chi connectivity index (χ4n) is 1.40. The van der Waals surface area contributed by atoms with Gasteiger partial charge in [0.05, 0.1) is 7.11 Å². The third kappa shape index (κ3) is 5.24. The molecule has 0 heterocycles. The number of amides is 1. The van der Waals surface area contributed by atoms with Crippen molar-refractivity contribution in [3.63, 3.8) is 0 Å². The zero-order valence-electron chi connectivity index (χ0n) is 10.6. The Labute approximate surface area is 115 Å². The molecule has 1 aromatic rings. The first-order valence-electron chi connectivity index (χ1n) is 5.49. The van der Waals surface area contributed by atoms with Crippen molar-refractivity contribution in [2.75, 3.05) is 7.11 Å². The molecule has 0 aliphatic rings. The summed E-state index contributed by atoms with van der Waals surface area (Å²) in [5.41, 5.74) is 0.640. The maximum atomic E-state index is 11.5. The van der Waals surface area contributed by atoms with Gasteiger partial charge in [0.1, 0.15) is 6.04 Å². The lowest BCUT2D eigenvalue weighted by atomic mass is 10.1. The van der Waals surface area contributed by atoms with Crippen molar-refractivity contribution in [2.24, 2.45) is 0 Å². The number of benzene rings is 1. The van der Waals surface area contributed by atoms with E-state index in [1.165, 1.54) is 4.72 Å². The molecule has 0 bridgehead atoms. The molecule has 20 heavy (non-hydrogen) atoms. The van der Waals surface area contributed by atoms with Gasteiger partial charge in [-0.3, -0.25) is 4.79 Å². The summed E-state index contributed by atoms with van der Waals surface area (Å²) in [7, 11) is -3.32. The summed E-state index contributed by atoms with van der Waals surface area (Å²) in [6.07, 6.45) is -1.26. The minimum absolute atomic E-state index is 0.0573. The van der Waals surface area contributed by atoms with Gasteiger partial charge in [-0.05, 0) is 12.0 Å². The zero-order valence-corrected chi connectivity index (χ0v) is 11.4. The molecule has 0 aliphatic heterocycles. The first-order valence-corrected chi connectivity index (χ1v) is 6.97. The Balaban J connectivity index is 2.78. The van der Waals surface area contributed by atoms with Crippen molar-refractivity contribution in [3.8, 4) is 0 Å². The minimum Gasteiger partial charge on any atom is -0.480 e. The van der Waals surface area contributed by atoms with Crippen molar-refractivity contribution >= 4 is 22.3 Å². The number of carbonyl (C=O) groups excluding carboxylic acids is 1. The molecule has 1 amide bonds. The molecule has 0 spiro atoms. The number of rotatable bonds is 6. The normalized spacial score (nSPS) is 12.4. The van der Waals surface area contributed by atoms with Crippen molar-refractivity contribution in [1.29, 1.82) is 0 Å². The van der Waals surface area contributed by atoms with Crippen LogP contribution >= 0.6 is 0 Å². The summed E-state index contributed by atoms with van der Waals surface area (Å²) in [6, 6.07) is 7.09. The van der Waals surface area contributed by atoms with E-state index in [0.29, 0.717) is 5.56 Å². The number of carbonyl (C=O) groups is 2. The van der Waals surface area contributed by atoms with Crippen LogP contribution in [0.1, 0.15) is 5.56 Å². The van der Waals surface area contributed by atoms with Gasteiger partial charge in [-0.2, -0.15) is 13.1 Å². The molecule has 0 fully saturated rings. The Kier molecular flexibility index (Phi) is 5.47. The highest BCUT2D eigenvalue weighted by molar-refractivity contribution is 7.88. The second-order valence-electron chi connectivity index (χ2n) is 3.80. The van der Waals surface area contributed by atoms with Crippen LogP contribution < -0.4 is 9.44 Å². The van der Waals surface area contributed by atoms with E-state index in [0.717, 1.165) is 7.11 Å². The molecule has 0 saturated carbocycles. The van der Waals surface area contributed by atoms with Gasteiger partial charge in [0, 0.05) is 0 Å². The third-order valence-electron chi connectivity index (χ3n) is 2.28. The molecular formula is C11H14N2O6S. The second-order valence-corrected chi connectivity index (χ2v) is 5.24. The van der Waals surface area contributed by atoms with Gasteiger partial charge >= 0.3 is 22.3 Å². The van der Waals surface area contributed by atoms with Crippen LogP contribution in [0.2, 0.25) is 0 Å². The van der Waals surface area contributed by atoms with Crippen LogP contribution in [0.4, 0.5) is 4.79 Å². The number of carboxylic acid groups (broad SMARTS) is 1. The highest BCUT2D eigenvalue weighted by Gasteiger charge is 2.25. The summed E-state index contributed by atoms with van der Waals surface area (Å²) >= 11 is 0. The smallest absolute Gasteiger partial charge is 0.421 e. The number of nitrogens with one attached hydrogen (secondary N) is 2. The summed E-state index contributed by atoms with van der Waals surface area (Å²) in [6.45, 7) is 0. The Morgan fingerprint density at radius 3 is 2.40 bits per heavy atom. The molecule has 0 aromatic heterocycles. The lowest BCUT2D eigenvalue weighted by Crippen LogP contribution is -2.49. The zero-order chi connectivity index (χ0) is 15.2. The number of methoxy groups -OCH3 is 1. The molecule has 1 rings (SSSR count). The van der Waals surface area contributed by atoms with Crippen molar-refractivity contribution in [3.05, 3.63) is 35.9 Å².